The maximum Gasteiger partial charge on any atom is 0.0129 e. The van der Waals surface area contributed by atoms with Crippen LogP contribution in [0.4, 0.5) is 0 Å². The van der Waals surface area contributed by atoms with Crippen LogP contribution in [0.3, 0.4) is 0 Å². The number of thioether (sulfide) groups is 1. The maximum atomic E-state index is 3.52. The molecule has 0 amide bonds. The molecule has 0 rings (SSSR count). The van der Waals surface area contributed by atoms with E-state index in [0.717, 1.165) is 6.54 Å². The van der Waals surface area contributed by atoms with E-state index in [1.54, 1.807) is 0 Å². The van der Waals surface area contributed by atoms with Gasteiger partial charge in [-0.15, -0.1) is 0 Å². The fraction of sp³-hybridized carbons (Fsp3) is 1.00. The van der Waals surface area contributed by atoms with E-state index >= 15 is 0 Å². The molecule has 0 spiro atoms. The van der Waals surface area contributed by atoms with Crippen molar-refractivity contribution in [3.8, 4) is 0 Å². The highest BCUT2D eigenvalue weighted by Crippen LogP contribution is 2.17. The van der Waals surface area contributed by atoms with Gasteiger partial charge in [0.2, 0.25) is 0 Å². The Morgan fingerprint density at radius 2 is 1.92 bits per heavy atom. The summed E-state index contributed by atoms with van der Waals surface area (Å²) in [5, 5.41) is 3.52. The van der Waals surface area contributed by atoms with E-state index in [1.165, 1.54) is 12.2 Å². The number of nitrogens with one attached hydrogen (secondary N) is 1. The summed E-state index contributed by atoms with van der Waals surface area (Å²) >= 11 is 1.91. The van der Waals surface area contributed by atoms with Gasteiger partial charge >= 0.3 is 0 Å². The summed E-state index contributed by atoms with van der Waals surface area (Å²) in [5.41, 5.74) is 0.464. The highest BCUT2D eigenvalue weighted by Gasteiger charge is 2.09. The lowest BCUT2D eigenvalue weighted by Gasteiger charge is -2.20. The van der Waals surface area contributed by atoms with Crippen molar-refractivity contribution in [2.75, 3.05) is 18.6 Å². The Labute approximate surface area is 81.7 Å². The summed E-state index contributed by atoms with van der Waals surface area (Å²) < 4.78 is 0. The molecule has 1 unspecified atom stereocenters. The fourth-order valence-electron chi connectivity index (χ4n) is 1.00. The third kappa shape index (κ3) is 8.41. The van der Waals surface area contributed by atoms with Crippen molar-refractivity contribution in [1.82, 2.24) is 5.32 Å². The van der Waals surface area contributed by atoms with Crippen LogP contribution >= 0.6 is 11.8 Å². The van der Waals surface area contributed by atoms with Gasteiger partial charge in [-0.05, 0) is 31.6 Å². The molecule has 1 N–H and O–H groups in total. The molecule has 74 valence electrons. The van der Waals surface area contributed by atoms with E-state index in [1.807, 2.05) is 11.8 Å². The van der Waals surface area contributed by atoms with Crippen molar-refractivity contribution in [1.29, 1.82) is 0 Å². The number of hydrogen-bond acceptors (Lipinski definition) is 2. The van der Waals surface area contributed by atoms with Crippen LogP contribution in [-0.2, 0) is 0 Å². The monoisotopic (exact) mass is 189 g/mol. The zero-order chi connectivity index (χ0) is 9.61. The molecule has 0 aromatic carbocycles. The molecule has 2 heteroatoms. The second-order valence-corrected chi connectivity index (χ2v) is 5.53. The van der Waals surface area contributed by atoms with Crippen LogP contribution in [0.25, 0.3) is 0 Å². The van der Waals surface area contributed by atoms with Gasteiger partial charge < -0.3 is 5.32 Å². The molecule has 0 fully saturated rings. The molecule has 0 aromatic heterocycles. The highest BCUT2D eigenvalue weighted by atomic mass is 32.2. The molecule has 12 heavy (non-hydrogen) atoms. The van der Waals surface area contributed by atoms with E-state index in [4.69, 9.17) is 0 Å². The lowest BCUT2D eigenvalue weighted by molar-refractivity contribution is 0.360. The topological polar surface area (TPSA) is 12.0 Å². The van der Waals surface area contributed by atoms with Crippen molar-refractivity contribution < 1.29 is 0 Å². The Balaban J connectivity index is 3.31. The first-order valence-electron chi connectivity index (χ1n) is 4.68. The van der Waals surface area contributed by atoms with E-state index in [-0.39, 0.29) is 0 Å². The SMILES string of the molecule is CSCC(C)NCCC(C)(C)C. The predicted octanol–water partition coefficient (Wildman–Crippen LogP) is 2.76. The second kappa shape index (κ2) is 5.87. The van der Waals surface area contributed by atoms with E-state index in [0.29, 0.717) is 11.5 Å². The van der Waals surface area contributed by atoms with E-state index < -0.39 is 0 Å². The third-order valence-corrected chi connectivity index (χ3v) is 2.62. The van der Waals surface area contributed by atoms with Crippen molar-refractivity contribution in [2.45, 2.75) is 40.2 Å². The van der Waals surface area contributed by atoms with Gasteiger partial charge in [0.05, 0.1) is 0 Å². The maximum absolute atomic E-state index is 3.52. The minimum atomic E-state index is 0.464. The van der Waals surface area contributed by atoms with Crippen LogP contribution in [-0.4, -0.2) is 24.6 Å². The number of rotatable bonds is 5. The standard InChI is InChI=1S/C10H23NS/c1-9(8-12-5)11-7-6-10(2,3)4/h9,11H,6-8H2,1-5H3. The molecule has 1 atom stereocenters. The number of hydrogen-bond donors (Lipinski definition) is 1. The second-order valence-electron chi connectivity index (χ2n) is 4.62. The molecule has 0 aliphatic heterocycles. The Morgan fingerprint density at radius 3 is 2.33 bits per heavy atom. The van der Waals surface area contributed by atoms with Crippen LogP contribution in [0.2, 0.25) is 0 Å². The predicted molar refractivity (Wildman–Crippen MR) is 59.9 cm³/mol. The van der Waals surface area contributed by atoms with Crippen LogP contribution in [0.1, 0.15) is 34.1 Å². The largest absolute Gasteiger partial charge is 0.313 e. The van der Waals surface area contributed by atoms with Gasteiger partial charge in [0.15, 0.2) is 0 Å². The summed E-state index contributed by atoms with van der Waals surface area (Å²) in [4.78, 5) is 0. The molecule has 0 bridgehead atoms. The minimum absolute atomic E-state index is 0.464. The van der Waals surface area contributed by atoms with Crippen LogP contribution in [0, 0.1) is 5.41 Å². The Hall–Kier alpha value is 0.310. The van der Waals surface area contributed by atoms with Gasteiger partial charge in [-0.2, -0.15) is 11.8 Å². The lowest BCUT2D eigenvalue weighted by atomic mass is 9.92. The zero-order valence-corrected chi connectivity index (χ0v) is 9.92. The Bertz CT molecular complexity index is 107. The minimum Gasteiger partial charge on any atom is -0.313 e. The van der Waals surface area contributed by atoms with Gasteiger partial charge in [0.1, 0.15) is 0 Å². The normalized spacial score (nSPS) is 14.8. The molecule has 0 radical (unpaired) electrons. The van der Waals surface area contributed by atoms with Crippen molar-refractivity contribution >= 4 is 11.8 Å². The molecule has 0 aliphatic rings. The highest BCUT2D eigenvalue weighted by molar-refractivity contribution is 7.98. The van der Waals surface area contributed by atoms with Crippen LogP contribution < -0.4 is 5.32 Å². The van der Waals surface area contributed by atoms with Gasteiger partial charge in [-0.25, -0.2) is 0 Å². The summed E-state index contributed by atoms with van der Waals surface area (Å²) in [5.74, 6) is 1.21. The smallest absolute Gasteiger partial charge is 0.0129 e. The molecular weight excluding hydrogens is 166 g/mol. The fourth-order valence-corrected chi connectivity index (χ4v) is 1.62. The molecule has 0 saturated heterocycles. The zero-order valence-electron chi connectivity index (χ0n) is 9.11. The molecule has 0 aliphatic carbocycles. The third-order valence-electron chi connectivity index (χ3n) is 1.78. The molecule has 0 aromatic rings. The van der Waals surface area contributed by atoms with Gasteiger partial charge in [0.25, 0.3) is 0 Å². The average molecular weight is 189 g/mol. The van der Waals surface area contributed by atoms with Gasteiger partial charge in [0, 0.05) is 11.8 Å². The summed E-state index contributed by atoms with van der Waals surface area (Å²) in [6.07, 6.45) is 3.41. The van der Waals surface area contributed by atoms with E-state index in [2.05, 4.69) is 39.3 Å². The summed E-state index contributed by atoms with van der Waals surface area (Å²) in [6.45, 7) is 10.3. The van der Waals surface area contributed by atoms with Gasteiger partial charge in [-0.3, -0.25) is 0 Å². The van der Waals surface area contributed by atoms with Crippen molar-refractivity contribution in [3.63, 3.8) is 0 Å². The average Bonchev–Trinajstić information content (AvgIpc) is 1.84. The first-order valence-corrected chi connectivity index (χ1v) is 6.07. The van der Waals surface area contributed by atoms with Crippen LogP contribution in [0.15, 0.2) is 0 Å². The van der Waals surface area contributed by atoms with Crippen molar-refractivity contribution in [2.24, 2.45) is 5.41 Å². The van der Waals surface area contributed by atoms with Gasteiger partial charge in [-0.1, -0.05) is 20.8 Å². The lowest BCUT2D eigenvalue weighted by Crippen LogP contribution is -2.30. The molecular formula is C10H23NS. The quantitative estimate of drug-likeness (QED) is 0.714. The summed E-state index contributed by atoms with van der Waals surface area (Å²) in [7, 11) is 0. The first kappa shape index (κ1) is 12.3. The molecule has 0 saturated carbocycles. The first-order chi connectivity index (χ1) is 5.45. The van der Waals surface area contributed by atoms with Crippen LogP contribution in [0.5, 0.6) is 0 Å². The molecule has 1 nitrogen and oxygen atoms in total. The summed E-state index contributed by atoms with van der Waals surface area (Å²) in [6, 6.07) is 0.655. The Morgan fingerprint density at radius 1 is 1.33 bits per heavy atom. The van der Waals surface area contributed by atoms with E-state index in [9.17, 15) is 0 Å². The Kier molecular flexibility index (Phi) is 6.02. The van der Waals surface area contributed by atoms with Crippen molar-refractivity contribution in [3.05, 3.63) is 0 Å². The molecule has 0 heterocycles.